The van der Waals surface area contributed by atoms with Crippen LogP contribution in [0.1, 0.15) is 0 Å². The Labute approximate surface area is 369 Å². The van der Waals surface area contributed by atoms with Gasteiger partial charge in [-0.1, -0.05) is 176 Å². The number of benzene rings is 10. The van der Waals surface area contributed by atoms with E-state index in [1.807, 2.05) is 6.07 Å². The highest BCUT2D eigenvalue weighted by Crippen LogP contribution is 2.41. The molecule has 64 heavy (non-hydrogen) atoms. The van der Waals surface area contributed by atoms with E-state index in [0.717, 1.165) is 56.0 Å². The highest BCUT2D eigenvalue weighted by atomic mass is 15.1. The number of para-hydroxylation sites is 3. The van der Waals surface area contributed by atoms with E-state index in [9.17, 15) is 0 Å². The fourth-order valence-corrected chi connectivity index (χ4v) is 9.98. The third-order valence-electron chi connectivity index (χ3n) is 12.9. The third kappa shape index (κ3) is 5.77. The van der Waals surface area contributed by atoms with E-state index >= 15 is 0 Å². The van der Waals surface area contributed by atoms with Crippen molar-refractivity contribution in [3.05, 3.63) is 231 Å². The lowest BCUT2D eigenvalue weighted by molar-refractivity contribution is 1.05. The molecule has 13 rings (SSSR count). The second kappa shape index (κ2) is 14.5. The molecule has 10 aromatic carbocycles. The molecule has 0 aliphatic rings. The summed E-state index contributed by atoms with van der Waals surface area (Å²) in [5.74, 6) is 1.48. The van der Waals surface area contributed by atoms with Gasteiger partial charge in [0.15, 0.2) is 5.82 Å². The zero-order valence-corrected chi connectivity index (χ0v) is 34.7. The first-order chi connectivity index (χ1) is 31.7. The molecule has 0 saturated carbocycles. The summed E-state index contributed by atoms with van der Waals surface area (Å²) in [4.78, 5) is 10.8. The molecule has 0 unspecified atom stereocenters. The van der Waals surface area contributed by atoms with Crippen LogP contribution in [0.15, 0.2) is 231 Å². The summed E-state index contributed by atoms with van der Waals surface area (Å²) in [7, 11) is 0. The van der Waals surface area contributed by atoms with Gasteiger partial charge in [-0.05, 0) is 92.3 Å². The molecule has 0 bridgehead atoms. The van der Waals surface area contributed by atoms with Crippen LogP contribution >= 0.6 is 0 Å². The Bertz CT molecular complexity index is 3900. The number of nitrogens with zero attached hydrogens (tertiary/aromatic N) is 4. The average Bonchev–Trinajstić information content (AvgIpc) is 3.89. The van der Waals surface area contributed by atoms with E-state index in [1.165, 1.54) is 59.8 Å². The molecule has 298 valence electrons. The highest BCUT2D eigenvalue weighted by Gasteiger charge is 2.20. The lowest BCUT2D eigenvalue weighted by atomic mass is 9.92. The molecule has 4 heteroatoms. The van der Waals surface area contributed by atoms with Crippen LogP contribution in [0.3, 0.4) is 0 Å². The Hall–Kier alpha value is -8.60. The van der Waals surface area contributed by atoms with Gasteiger partial charge in [0.2, 0.25) is 0 Å². The Morgan fingerprint density at radius 1 is 0.281 bits per heavy atom. The number of rotatable bonds is 6. The Kier molecular flexibility index (Phi) is 8.18. The number of hydrogen-bond acceptors (Lipinski definition) is 2. The predicted octanol–water partition coefficient (Wildman–Crippen LogP) is 15.6. The molecule has 0 aliphatic heterocycles. The van der Waals surface area contributed by atoms with Crippen molar-refractivity contribution in [1.82, 2.24) is 19.1 Å². The van der Waals surface area contributed by atoms with Crippen molar-refractivity contribution in [2.75, 3.05) is 0 Å². The van der Waals surface area contributed by atoms with Crippen LogP contribution in [0, 0.1) is 0 Å². The van der Waals surface area contributed by atoms with E-state index in [4.69, 9.17) is 9.97 Å². The molecule has 0 atom stereocenters. The van der Waals surface area contributed by atoms with Gasteiger partial charge in [-0.15, -0.1) is 0 Å². The summed E-state index contributed by atoms with van der Waals surface area (Å²) >= 11 is 0. The van der Waals surface area contributed by atoms with Crippen LogP contribution in [-0.4, -0.2) is 19.1 Å². The van der Waals surface area contributed by atoms with Crippen molar-refractivity contribution in [2.45, 2.75) is 0 Å². The van der Waals surface area contributed by atoms with Crippen LogP contribution in [0.25, 0.3) is 122 Å². The molecule has 0 aliphatic carbocycles. The molecule has 3 heterocycles. The number of fused-ring (bicyclic) bond motifs is 9. The standard InChI is InChI=1S/C60H38N4/c1-3-17-39(18-4-1)41-31-32-52-51-27-11-14-28-55(51)63(58(52)37-41)45-34-43(53-36-42-21-7-8-22-46(42)47-23-9-10-24-48(47)53)33-44(35-45)54-38-59(62-60(61-54)40-19-5-2-6-20-40)64-56-29-15-12-25-49(56)50-26-13-16-30-57(50)64/h1-38H. The lowest BCUT2D eigenvalue weighted by Crippen LogP contribution is -2.03. The first-order valence-electron chi connectivity index (χ1n) is 21.8. The SMILES string of the molecule is c1ccc(-c2ccc3c4ccccc4n(-c4cc(-c5cc(-n6c7ccccc7c7ccccc76)nc(-c6ccccc6)n5)cc(-c5cc6ccccc6c6ccccc56)c4)c3c2)cc1. The summed E-state index contributed by atoms with van der Waals surface area (Å²) in [6, 6.07) is 83.0. The van der Waals surface area contributed by atoms with Crippen molar-refractivity contribution in [3.63, 3.8) is 0 Å². The molecule has 0 saturated heterocycles. The molecule has 0 amide bonds. The zero-order valence-electron chi connectivity index (χ0n) is 34.7. The maximum absolute atomic E-state index is 5.46. The van der Waals surface area contributed by atoms with Crippen LogP contribution in [-0.2, 0) is 0 Å². The Morgan fingerprint density at radius 2 is 0.812 bits per heavy atom. The molecule has 0 N–H and O–H groups in total. The summed E-state index contributed by atoms with van der Waals surface area (Å²) in [5, 5.41) is 9.68. The van der Waals surface area contributed by atoms with Gasteiger partial charge in [0.05, 0.1) is 27.8 Å². The van der Waals surface area contributed by atoms with E-state index in [-0.39, 0.29) is 0 Å². The molecule has 0 spiro atoms. The molecule has 0 fully saturated rings. The molecular formula is C60H38N4. The van der Waals surface area contributed by atoms with Gasteiger partial charge in [-0.25, -0.2) is 9.97 Å². The quantitative estimate of drug-likeness (QED) is 0.157. The minimum atomic E-state index is 0.669. The van der Waals surface area contributed by atoms with E-state index in [0.29, 0.717) is 5.82 Å². The zero-order chi connectivity index (χ0) is 42.1. The van der Waals surface area contributed by atoms with E-state index in [1.54, 1.807) is 0 Å². The Morgan fingerprint density at radius 3 is 1.50 bits per heavy atom. The summed E-state index contributed by atoms with van der Waals surface area (Å²) < 4.78 is 4.74. The average molecular weight is 815 g/mol. The smallest absolute Gasteiger partial charge is 0.162 e. The van der Waals surface area contributed by atoms with Crippen molar-refractivity contribution < 1.29 is 0 Å². The predicted molar refractivity (Wildman–Crippen MR) is 267 cm³/mol. The van der Waals surface area contributed by atoms with Crippen LogP contribution in [0.5, 0.6) is 0 Å². The van der Waals surface area contributed by atoms with Crippen molar-refractivity contribution in [1.29, 1.82) is 0 Å². The van der Waals surface area contributed by atoms with Crippen molar-refractivity contribution in [3.8, 4) is 56.4 Å². The topological polar surface area (TPSA) is 35.6 Å². The maximum Gasteiger partial charge on any atom is 0.162 e. The summed E-state index contributed by atoms with van der Waals surface area (Å²) in [5.41, 5.74) is 13.0. The number of aromatic nitrogens is 4. The highest BCUT2D eigenvalue weighted by molar-refractivity contribution is 6.15. The summed E-state index contributed by atoms with van der Waals surface area (Å²) in [6.07, 6.45) is 0. The van der Waals surface area contributed by atoms with Crippen LogP contribution in [0.2, 0.25) is 0 Å². The van der Waals surface area contributed by atoms with Gasteiger partial charge >= 0.3 is 0 Å². The minimum Gasteiger partial charge on any atom is -0.309 e. The minimum absolute atomic E-state index is 0.669. The first kappa shape index (κ1) is 36.1. The van der Waals surface area contributed by atoms with Gasteiger partial charge in [0.25, 0.3) is 0 Å². The van der Waals surface area contributed by atoms with Gasteiger partial charge in [-0.2, -0.15) is 0 Å². The van der Waals surface area contributed by atoms with Crippen molar-refractivity contribution in [2.24, 2.45) is 0 Å². The summed E-state index contributed by atoms with van der Waals surface area (Å²) in [6.45, 7) is 0. The molecule has 4 nitrogen and oxygen atoms in total. The largest absolute Gasteiger partial charge is 0.309 e. The van der Waals surface area contributed by atoms with Gasteiger partial charge < -0.3 is 4.57 Å². The molecule has 0 radical (unpaired) electrons. The fraction of sp³-hybridized carbons (Fsp3) is 0. The van der Waals surface area contributed by atoms with Crippen LogP contribution < -0.4 is 0 Å². The monoisotopic (exact) mass is 814 g/mol. The van der Waals surface area contributed by atoms with Crippen LogP contribution in [0.4, 0.5) is 0 Å². The van der Waals surface area contributed by atoms with Gasteiger partial charge in [-0.3, -0.25) is 4.57 Å². The maximum atomic E-state index is 5.46. The van der Waals surface area contributed by atoms with E-state index < -0.39 is 0 Å². The number of hydrogen-bond donors (Lipinski definition) is 0. The van der Waals surface area contributed by atoms with Gasteiger partial charge in [0.1, 0.15) is 5.82 Å². The van der Waals surface area contributed by atoms with Crippen molar-refractivity contribution >= 4 is 65.2 Å². The fourth-order valence-electron chi connectivity index (χ4n) is 9.98. The van der Waals surface area contributed by atoms with Gasteiger partial charge in [0, 0.05) is 44.4 Å². The first-order valence-corrected chi connectivity index (χ1v) is 21.8. The lowest BCUT2D eigenvalue weighted by Gasteiger charge is -2.17. The molecule has 3 aromatic heterocycles. The molecular weight excluding hydrogens is 777 g/mol. The third-order valence-corrected chi connectivity index (χ3v) is 12.9. The molecule has 13 aromatic rings. The normalized spacial score (nSPS) is 11.8. The second-order valence-corrected chi connectivity index (χ2v) is 16.6. The Balaban J connectivity index is 1.14. The second-order valence-electron chi connectivity index (χ2n) is 16.6. The van der Waals surface area contributed by atoms with E-state index in [2.05, 4.69) is 234 Å².